The Morgan fingerprint density at radius 3 is 2.45 bits per heavy atom. The van der Waals surface area contributed by atoms with Crippen LogP contribution in [0.3, 0.4) is 0 Å². The van der Waals surface area contributed by atoms with Crippen LogP contribution in [0.4, 0.5) is 0 Å². The Morgan fingerprint density at radius 2 is 1.71 bits per heavy atom. The maximum atomic E-state index is 13.4. The van der Waals surface area contributed by atoms with Crippen LogP contribution < -0.4 is 5.32 Å². The van der Waals surface area contributed by atoms with Crippen molar-refractivity contribution in [1.29, 1.82) is 0 Å². The predicted molar refractivity (Wildman–Crippen MR) is 118 cm³/mol. The summed E-state index contributed by atoms with van der Waals surface area (Å²) in [6, 6.07) is 21.0. The number of ketones is 1. The van der Waals surface area contributed by atoms with Crippen LogP contribution in [0.15, 0.2) is 98.0 Å². The first-order valence-electron chi connectivity index (χ1n) is 9.85. The number of benzene rings is 2. The molecule has 3 aromatic rings. The Labute approximate surface area is 183 Å². The fraction of sp³-hybridized carbons (Fsp3) is 0.120. The van der Waals surface area contributed by atoms with Crippen LogP contribution in [-0.4, -0.2) is 18.9 Å². The molecule has 1 N–H and O–H groups in total. The van der Waals surface area contributed by atoms with Crippen molar-refractivity contribution in [3.05, 3.63) is 100 Å². The first-order chi connectivity index (χ1) is 15.1. The topological polar surface area (TPSA) is 68.5 Å². The molecule has 1 aliphatic heterocycles. The van der Waals surface area contributed by atoms with Crippen molar-refractivity contribution in [1.82, 2.24) is 5.32 Å². The first-order valence-corrected chi connectivity index (χ1v) is 10.7. The smallest absolute Gasteiger partial charge is 0.336 e. The van der Waals surface area contributed by atoms with E-state index in [1.54, 1.807) is 6.07 Å². The van der Waals surface area contributed by atoms with Gasteiger partial charge in [-0.05, 0) is 31.2 Å². The molecule has 2 aliphatic rings. The Bertz CT molecular complexity index is 1270. The molecule has 5 nitrogen and oxygen atoms in total. The second-order valence-electron chi connectivity index (χ2n) is 7.32. The van der Waals surface area contributed by atoms with E-state index in [-0.39, 0.29) is 5.78 Å². The van der Waals surface area contributed by atoms with Crippen LogP contribution in [0.2, 0.25) is 0 Å². The lowest BCUT2D eigenvalue weighted by Crippen LogP contribution is -2.28. The molecule has 0 fully saturated rings. The number of carbonyl (C=O) groups excluding carboxylic acids is 2. The molecule has 0 radical (unpaired) electrons. The van der Waals surface area contributed by atoms with Crippen LogP contribution in [0.5, 0.6) is 0 Å². The Kier molecular flexibility index (Phi) is 4.79. The summed E-state index contributed by atoms with van der Waals surface area (Å²) in [6.45, 7) is 1.82. The summed E-state index contributed by atoms with van der Waals surface area (Å²) in [5, 5.41) is 3.95. The van der Waals surface area contributed by atoms with Gasteiger partial charge in [0.2, 0.25) is 0 Å². The monoisotopic (exact) mass is 429 g/mol. The Hall–Kier alpha value is -3.51. The number of ether oxygens (including phenoxy) is 1. The van der Waals surface area contributed by atoms with Crippen molar-refractivity contribution in [3.8, 4) is 0 Å². The highest BCUT2D eigenvalue weighted by Crippen LogP contribution is 2.47. The number of hydrogen-bond acceptors (Lipinski definition) is 6. The second-order valence-corrected chi connectivity index (χ2v) is 8.40. The van der Waals surface area contributed by atoms with Gasteiger partial charge in [0.25, 0.3) is 0 Å². The molecule has 5 rings (SSSR count). The molecule has 154 valence electrons. The normalized spacial score (nSPS) is 17.4. The number of carbonyl (C=O) groups is 2. The van der Waals surface area contributed by atoms with Crippen LogP contribution in [0, 0.1) is 0 Å². The quantitative estimate of drug-likeness (QED) is 0.577. The van der Waals surface area contributed by atoms with Gasteiger partial charge < -0.3 is 14.5 Å². The van der Waals surface area contributed by atoms with Gasteiger partial charge in [0.1, 0.15) is 5.76 Å². The zero-order chi connectivity index (χ0) is 21.5. The van der Waals surface area contributed by atoms with Gasteiger partial charge in [-0.25, -0.2) is 4.79 Å². The Morgan fingerprint density at radius 1 is 1.00 bits per heavy atom. The van der Waals surface area contributed by atoms with E-state index in [9.17, 15) is 9.59 Å². The van der Waals surface area contributed by atoms with E-state index < -0.39 is 11.9 Å². The average Bonchev–Trinajstić information content (AvgIpc) is 3.36. The molecule has 1 aromatic heterocycles. The van der Waals surface area contributed by atoms with Crippen LogP contribution in [-0.2, 0) is 9.53 Å². The summed E-state index contributed by atoms with van der Waals surface area (Å²) in [5.74, 6) is -0.702. The lowest BCUT2D eigenvalue weighted by Gasteiger charge is -2.27. The van der Waals surface area contributed by atoms with E-state index in [2.05, 4.69) is 5.32 Å². The zero-order valence-corrected chi connectivity index (χ0v) is 17.8. The summed E-state index contributed by atoms with van der Waals surface area (Å²) in [6.07, 6.45) is 0. The third-order valence-corrected chi connectivity index (χ3v) is 6.43. The van der Waals surface area contributed by atoms with E-state index in [0.717, 1.165) is 16.2 Å². The highest BCUT2D eigenvalue weighted by molar-refractivity contribution is 7.99. The summed E-state index contributed by atoms with van der Waals surface area (Å²) < 4.78 is 11.2. The molecule has 2 heterocycles. The van der Waals surface area contributed by atoms with Gasteiger partial charge in [-0.1, -0.05) is 54.2 Å². The standard InChI is InChI=1S/C25H19NO4S/c1-14-20(25(28)29-2)21(18-12-13-19(30-18)31-15-8-4-3-5-9-15)22-23(26-14)16-10-6-7-11-17(16)24(22)27/h3-13,21,26H,1-2H3. The number of Topliss-reactive ketones (excluding diaryl/α,β-unsaturated/α-hetero) is 1. The van der Waals surface area contributed by atoms with E-state index >= 15 is 0 Å². The minimum Gasteiger partial charge on any atom is -0.466 e. The minimum absolute atomic E-state index is 0.106. The van der Waals surface area contributed by atoms with Gasteiger partial charge in [0.15, 0.2) is 10.9 Å². The maximum absolute atomic E-state index is 13.4. The molecule has 0 spiro atoms. The molecule has 6 heteroatoms. The summed E-state index contributed by atoms with van der Waals surface area (Å²) in [4.78, 5) is 27.1. The number of esters is 1. The lowest BCUT2D eigenvalue weighted by molar-refractivity contribution is -0.136. The minimum atomic E-state index is -0.645. The molecule has 2 aromatic carbocycles. The number of fused-ring (bicyclic) bond motifs is 2. The zero-order valence-electron chi connectivity index (χ0n) is 17.0. The van der Waals surface area contributed by atoms with E-state index in [1.165, 1.54) is 18.9 Å². The number of furan rings is 1. The first kappa shape index (κ1) is 19.5. The van der Waals surface area contributed by atoms with Gasteiger partial charge in [-0.2, -0.15) is 0 Å². The fourth-order valence-corrected chi connectivity index (χ4v) is 4.94. The van der Waals surface area contributed by atoms with Gasteiger partial charge in [-0.3, -0.25) is 4.79 Å². The van der Waals surface area contributed by atoms with Gasteiger partial charge in [0.05, 0.1) is 24.3 Å². The van der Waals surface area contributed by atoms with Crippen molar-refractivity contribution in [3.63, 3.8) is 0 Å². The third kappa shape index (κ3) is 3.20. The van der Waals surface area contributed by atoms with Crippen molar-refractivity contribution < 1.29 is 18.7 Å². The average molecular weight is 429 g/mol. The number of hydrogen-bond donors (Lipinski definition) is 1. The lowest BCUT2D eigenvalue weighted by atomic mass is 9.83. The van der Waals surface area contributed by atoms with E-state index in [4.69, 9.17) is 9.15 Å². The van der Waals surface area contributed by atoms with Crippen LogP contribution in [0.25, 0.3) is 5.70 Å². The summed E-state index contributed by atoms with van der Waals surface area (Å²) in [7, 11) is 1.34. The third-order valence-electron chi connectivity index (χ3n) is 5.50. The van der Waals surface area contributed by atoms with Crippen molar-refractivity contribution >= 4 is 29.2 Å². The SMILES string of the molecule is COC(=O)C1=C(C)NC2=C(C(=O)c3ccccc32)C1c1ccc(Sc2ccccc2)o1. The van der Waals surface area contributed by atoms with Crippen molar-refractivity contribution in [2.24, 2.45) is 0 Å². The second kappa shape index (κ2) is 7.63. The summed E-state index contributed by atoms with van der Waals surface area (Å²) in [5.41, 5.74) is 3.72. The van der Waals surface area contributed by atoms with Gasteiger partial charge in [0, 0.05) is 27.3 Å². The molecule has 1 atom stereocenters. The molecule has 0 saturated carbocycles. The maximum Gasteiger partial charge on any atom is 0.336 e. The number of rotatable bonds is 4. The highest BCUT2D eigenvalue weighted by Gasteiger charge is 2.44. The molecule has 0 saturated heterocycles. The molecule has 0 amide bonds. The molecular weight excluding hydrogens is 410 g/mol. The van der Waals surface area contributed by atoms with Crippen molar-refractivity contribution in [2.45, 2.75) is 22.8 Å². The van der Waals surface area contributed by atoms with Gasteiger partial charge in [-0.15, -0.1) is 0 Å². The molecular formula is C25H19NO4S. The van der Waals surface area contributed by atoms with Gasteiger partial charge >= 0.3 is 5.97 Å². The Balaban J connectivity index is 1.61. The fourth-order valence-electron chi connectivity index (χ4n) is 4.14. The predicted octanol–water partition coefficient (Wildman–Crippen LogP) is 5.17. The van der Waals surface area contributed by atoms with E-state index in [1.807, 2.05) is 67.6 Å². The number of allylic oxidation sites excluding steroid dienone is 2. The van der Waals surface area contributed by atoms with E-state index in [0.29, 0.717) is 33.3 Å². The molecule has 1 aliphatic carbocycles. The largest absolute Gasteiger partial charge is 0.466 e. The molecule has 31 heavy (non-hydrogen) atoms. The number of dihydropyridines is 1. The molecule has 1 unspecified atom stereocenters. The molecule has 0 bridgehead atoms. The van der Waals surface area contributed by atoms with Crippen molar-refractivity contribution in [2.75, 3.05) is 7.11 Å². The summed E-state index contributed by atoms with van der Waals surface area (Å²) >= 11 is 1.49. The van der Waals surface area contributed by atoms with Crippen LogP contribution >= 0.6 is 11.8 Å². The number of nitrogens with one attached hydrogen (secondary N) is 1. The number of methoxy groups -OCH3 is 1. The van der Waals surface area contributed by atoms with Crippen LogP contribution in [0.1, 0.15) is 34.5 Å². The highest BCUT2D eigenvalue weighted by atomic mass is 32.2.